The third-order valence-electron chi connectivity index (χ3n) is 4.93. The Morgan fingerprint density at radius 3 is 3.08 bits per heavy atom. The smallest absolute Gasteiger partial charge is 0.209 e. The lowest BCUT2D eigenvalue weighted by atomic mass is 9.93. The number of benzene rings is 1. The molecule has 0 bridgehead atoms. The van der Waals surface area contributed by atoms with Crippen LogP contribution in [0.1, 0.15) is 25.3 Å². The van der Waals surface area contributed by atoms with E-state index in [1.165, 1.54) is 0 Å². The number of hydrogen-bond donors (Lipinski definition) is 0. The van der Waals surface area contributed by atoms with Gasteiger partial charge in [0.25, 0.3) is 0 Å². The number of halogens is 1. The fourth-order valence-electron chi connectivity index (χ4n) is 3.46. The van der Waals surface area contributed by atoms with Gasteiger partial charge < -0.3 is 8.98 Å². The molecule has 0 aliphatic carbocycles. The van der Waals surface area contributed by atoms with Gasteiger partial charge in [0.2, 0.25) is 5.89 Å². The Bertz CT molecular complexity index is 830. The van der Waals surface area contributed by atoms with E-state index in [0.717, 1.165) is 43.3 Å². The molecule has 3 aromatic rings. The summed E-state index contributed by atoms with van der Waals surface area (Å²) in [6.45, 7) is 5.07. The van der Waals surface area contributed by atoms with Gasteiger partial charge in [-0.05, 0) is 31.0 Å². The largest absolute Gasteiger partial charge is 0.439 e. The first kappa shape index (κ1) is 16.4. The van der Waals surface area contributed by atoms with E-state index < -0.39 is 0 Å². The summed E-state index contributed by atoms with van der Waals surface area (Å²) in [5.41, 5.74) is 0.954. The van der Waals surface area contributed by atoms with Crippen LogP contribution in [-0.2, 0) is 6.54 Å². The fourth-order valence-corrected chi connectivity index (χ4v) is 3.65. The summed E-state index contributed by atoms with van der Waals surface area (Å²) in [5.74, 6) is 2.14. The molecule has 1 aromatic carbocycles. The summed E-state index contributed by atoms with van der Waals surface area (Å²) in [6.07, 6.45) is 8.74. The Balaban J connectivity index is 1.46. The van der Waals surface area contributed by atoms with E-state index in [-0.39, 0.29) is 0 Å². The van der Waals surface area contributed by atoms with Crippen molar-refractivity contribution < 1.29 is 4.42 Å². The Kier molecular flexibility index (Phi) is 4.59. The SMILES string of the molecule is C[C@H]1CCN(Cc2ncc(-c3cccc(Cl)c3)o2)C[C@@H]1n1ccnc1. The second kappa shape index (κ2) is 7.02. The molecular weight excluding hydrogens is 336 g/mol. The molecule has 25 heavy (non-hydrogen) atoms. The number of nitrogens with zero attached hydrogens (tertiary/aromatic N) is 4. The molecule has 5 nitrogen and oxygen atoms in total. The minimum Gasteiger partial charge on any atom is -0.439 e. The van der Waals surface area contributed by atoms with Gasteiger partial charge in [0, 0.05) is 35.6 Å². The van der Waals surface area contributed by atoms with Crippen LogP contribution in [0.5, 0.6) is 0 Å². The highest BCUT2D eigenvalue weighted by Gasteiger charge is 2.28. The summed E-state index contributed by atoms with van der Waals surface area (Å²) < 4.78 is 8.16. The zero-order valence-electron chi connectivity index (χ0n) is 14.2. The molecule has 2 aromatic heterocycles. The van der Waals surface area contributed by atoms with Crippen molar-refractivity contribution in [3.63, 3.8) is 0 Å². The van der Waals surface area contributed by atoms with Crippen LogP contribution < -0.4 is 0 Å². The minimum absolute atomic E-state index is 0.443. The molecule has 4 rings (SSSR count). The Morgan fingerprint density at radius 2 is 2.28 bits per heavy atom. The van der Waals surface area contributed by atoms with Gasteiger partial charge in [0.15, 0.2) is 5.76 Å². The van der Waals surface area contributed by atoms with E-state index in [2.05, 4.69) is 26.4 Å². The van der Waals surface area contributed by atoms with Crippen molar-refractivity contribution in [2.75, 3.05) is 13.1 Å². The van der Waals surface area contributed by atoms with Crippen LogP contribution in [0.4, 0.5) is 0 Å². The molecule has 0 amide bonds. The fraction of sp³-hybridized carbons (Fsp3) is 0.368. The molecule has 0 spiro atoms. The summed E-state index contributed by atoms with van der Waals surface area (Å²) >= 11 is 6.06. The highest BCUT2D eigenvalue weighted by atomic mass is 35.5. The van der Waals surface area contributed by atoms with E-state index in [9.17, 15) is 0 Å². The van der Waals surface area contributed by atoms with Crippen molar-refractivity contribution in [3.05, 3.63) is 60.1 Å². The van der Waals surface area contributed by atoms with Crippen LogP contribution in [0.25, 0.3) is 11.3 Å². The average Bonchev–Trinajstić information content (AvgIpc) is 3.28. The zero-order chi connectivity index (χ0) is 17.2. The Hall–Kier alpha value is -2.11. The maximum absolute atomic E-state index is 6.06. The molecule has 130 valence electrons. The lowest BCUT2D eigenvalue weighted by molar-refractivity contribution is 0.117. The molecular formula is C19H21ClN4O. The highest BCUT2D eigenvalue weighted by molar-refractivity contribution is 6.30. The first-order chi connectivity index (χ1) is 12.2. The molecule has 2 atom stereocenters. The van der Waals surface area contributed by atoms with Gasteiger partial charge in [-0.25, -0.2) is 9.97 Å². The molecule has 1 aliphatic heterocycles. The number of aromatic nitrogens is 3. The highest BCUT2D eigenvalue weighted by Crippen LogP contribution is 2.29. The normalized spacial score (nSPS) is 21.5. The average molecular weight is 357 g/mol. The maximum Gasteiger partial charge on any atom is 0.209 e. The molecule has 0 N–H and O–H groups in total. The van der Waals surface area contributed by atoms with E-state index in [1.54, 1.807) is 6.20 Å². The van der Waals surface area contributed by atoms with Crippen LogP contribution in [0.3, 0.4) is 0 Å². The summed E-state index contributed by atoms with van der Waals surface area (Å²) in [6, 6.07) is 8.09. The molecule has 0 saturated carbocycles. The Morgan fingerprint density at radius 1 is 1.36 bits per heavy atom. The predicted octanol–water partition coefficient (Wildman–Crippen LogP) is 4.27. The molecule has 3 heterocycles. The van der Waals surface area contributed by atoms with E-state index in [4.69, 9.17) is 16.0 Å². The third-order valence-corrected chi connectivity index (χ3v) is 5.17. The van der Waals surface area contributed by atoms with E-state index in [1.807, 2.05) is 43.0 Å². The summed E-state index contributed by atoms with van der Waals surface area (Å²) in [7, 11) is 0. The molecule has 0 unspecified atom stereocenters. The number of piperidine rings is 1. The number of oxazole rings is 1. The van der Waals surface area contributed by atoms with Crippen molar-refractivity contribution in [3.8, 4) is 11.3 Å². The Labute approximate surface area is 152 Å². The van der Waals surface area contributed by atoms with Crippen LogP contribution in [0, 0.1) is 5.92 Å². The number of rotatable bonds is 4. The van der Waals surface area contributed by atoms with E-state index >= 15 is 0 Å². The number of likely N-dealkylation sites (tertiary alicyclic amines) is 1. The van der Waals surface area contributed by atoms with Crippen LogP contribution >= 0.6 is 11.6 Å². The molecule has 0 radical (unpaired) electrons. The first-order valence-electron chi connectivity index (χ1n) is 8.59. The van der Waals surface area contributed by atoms with Gasteiger partial charge in [-0.15, -0.1) is 0 Å². The van der Waals surface area contributed by atoms with Crippen LogP contribution in [-0.4, -0.2) is 32.5 Å². The van der Waals surface area contributed by atoms with Crippen molar-refractivity contribution in [1.82, 2.24) is 19.4 Å². The summed E-state index contributed by atoms with van der Waals surface area (Å²) in [4.78, 5) is 11.0. The van der Waals surface area contributed by atoms with Crippen molar-refractivity contribution in [2.45, 2.75) is 25.9 Å². The van der Waals surface area contributed by atoms with Gasteiger partial charge in [-0.2, -0.15) is 0 Å². The van der Waals surface area contributed by atoms with Crippen molar-refractivity contribution in [2.24, 2.45) is 5.92 Å². The monoisotopic (exact) mass is 356 g/mol. The van der Waals surface area contributed by atoms with Crippen LogP contribution in [0.15, 0.2) is 53.6 Å². The number of imidazole rings is 1. The lowest BCUT2D eigenvalue weighted by Crippen LogP contribution is -2.40. The topological polar surface area (TPSA) is 47.1 Å². The van der Waals surface area contributed by atoms with Gasteiger partial charge in [-0.3, -0.25) is 4.90 Å². The van der Waals surface area contributed by atoms with Crippen molar-refractivity contribution >= 4 is 11.6 Å². The van der Waals surface area contributed by atoms with Crippen molar-refractivity contribution in [1.29, 1.82) is 0 Å². The minimum atomic E-state index is 0.443. The molecule has 6 heteroatoms. The quantitative estimate of drug-likeness (QED) is 0.700. The second-order valence-corrected chi connectivity index (χ2v) is 7.14. The lowest BCUT2D eigenvalue weighted by Gasteiger charge is -2.37. The maximum atomic E-state index is 6.06. The standard InChI is InChI=1S/C19H21ClN4O/c1-14-5-7-23(11-17(14)24-8-6-21-13-24)12-19-22-10-18(25-19)15-3-2-4-16(20)9-15/h2-4,6,8-10,13-14,17H,5,7,11-12H2,1H3/t14-,17-/m0/s1. The van der Waals surface area contributed by atoms with Gasteiger partial charge in [0.05, 0.1) is 19.1 Å². The number of hydrogen-bond acceptors (Lipinski definition) is 4. The van der Waals surface area contributed by atoms with Gasteiger partial charge >= 0.3 is 0 Å². The van der Waals surface area contributed by atoms with Crippen LogP contribution in [0.2, 0.25) is 5.02 Å². The summed E-state index contributed by atoms with van der Waals surface area (Å²) in [5, 5.41) is 0.698. The van der Waals surface area contributed by atoms with E-state index in [0.29, 0.717) is 17.0 Å². The third kappa shape index (κ3) is 3.62. The molecule has 1 aliphatic rings. The van der Waals surface area contributed by atoms with Gasteiger partial charge in [-0.1, -0.05) is 30.7 Å². The zero-order valence-corrected chi connectivity index (χ0v) is 14.9. The second-order valence-electron chi connectivity index (χ2n) is 6.71. The molecule has 1 saturated heterocycles. The first-order valence-corrected chi connectivity index (χ1v) is 8.97. The predicted molar refractivity (Wildman–Crippen MR) is 97.3 cm³/mol. The molecule has 1 fully saturated rings. The van der Waals surface area contributed by atoms with Gasteiger partial charge in [0.1, 0.15) is 0 Å².